The molecule has 1 aliphatic rings. The Labute approximate surface area is 185 Å². The maximum atomic E-state index is 13.5. The molecule has 0 aromatic carbocycles. The van der Waals surface area contributed by atoms with Crippen LogP contribution in [-0.2, 0) is 13.5 Å². The van der Waals surface area contributed by atoms with Crippen LogP contribution in [0.3, 0.4) is 0 Å². The minimum atomic E-state index is -0.526. The number of imidazole rings is 1. The van der Waals surface area contributed by atoms with E-state index in [0.29, 0.717) is 29.4 Å². The van der Waals surface area contributed by atoms with Crippen LogP contribution >= 0.6 is 11.6 Å². The summed E-state index contributed by atoms with van der Waals surface area (Å²) in [6.45, 7) is 0.435. The molecule has 0 bridgehead atoms. The number of aromatic amines is 1. The van der Waals surface area contributed by atoms with E-state index >= 15 is 0 Å². The van der Waals surface area contributed by atoms with Crippen molar-refractivity contribution in [3.8, 4) is 11.5 Å². The van der Waals surface area contributed by atoms with E-state index < -0.39 is 11.9 Å². The van der Waals surface area contributed by atoms with Crippen molar-refractivity contribution in [3.63, 3.8) is 0 Å². The molecule has 1 atom stereocenters. The predicted molar refractivity (Wildman–Crippen MR) is 112 cm³/mol. The van der Waals surface area contributed by atoms with Gasteiger partial charge in [-0.15, -0.1) is 10.2 Å². The first-order valence-electron chi connectivity index (χ1n) is 9.88. The molecule has 1 N–H and O–H groups in total. The van der Waals surface area contributed by atoms with Crippen molar-refractivity contribution in [1.82, 2.24) is 44.5 Å². The van der Waals surface area contributed by atoms with Gasteiger partial charge in [-0.25, -0.2) is 9.50 Å². The molecule has 12 heteroatoms. The quantitative estimate of drug-likeness (QED) is 0.419. The minimum Gasteiger partial charge on any atom is -0.412 e. The van der Waals surface area contributed by atoms with Crippen LogP contribution in [-0.4, -0.2) is 56.9 Å². The first kappa shape index (κ1) is 18.8. The van der Waals surface area contributed by atoms with Gasteiger partial charge in [0, 0.05) is 31.9 Å². The Balaban J connectivity index is 1.41. The number of halogens is 1. The van der Waals surface area contributed by atoms with E-state index in [1.165, 1.54) is 0 Å². The van der Waals surface area contributed by atoms with Crippen LogP contribution in [0.15, 0.2) is 47.4 Å². The molecule has 0 radical (unpaired) electrons. The Morgan fingerprint density at radius 1 is 1.31 bits per heavy atom. The van der Waals surface area contributed by atoms with Crippen LogP contribution < -0.4 is 0 Å². The lowest BCUT2D eigenvalue weighted by atomic mass is 9.99. The van der Waals surface area contributed by atoms with Gasteiger partial charge in [0.05, 0.1) is 35.0 Å². The highest BCUT2D eigenvalue weighted by atomic mass is 35.5. The lowest BCUT2D eigenvalue weighted by molar-refractivity contribution is 0.0646. The summed E-state index contributed by atoms with van der Waals surface area (Å²) in [6, 6.07) is 6.89. The number of fused-ring (bicyclic) bond motifs is 2. The van der Waals surface area contributed by atoms with Gasteiger partial charge in [0.25, 0.3) is 5.89 Å². The Morgan fingerprint density at radius 2 is 2.22 bits per heavy atom. The molecule has 11 nitrogen and oxygen atoms in total. The zero-order valence-corrected chi connectivity index (χ0v) is 17.6. The number of amides is 1. The van der Waals surface area contributed by atoms with Crippen molar-refractivity contribution in [3.05, 3.63) is 71.1 Å². The first-order valence-corrected chi connectivity index (χ1v) is 10.3. The Morgan fingerprint density at radius 3 is 3.03 bits per heavy atom. The average molecular weight is 450 g/mol. The number of carbonyl (C=O) groups is 1. The molecule has 6 rings (SSSR count). The van der Waals surface area contributed by atoms with E-state index in [1.54, 1.807) is 45.9 Å². The number of nitrogens with one attached hydrogen (secondary N) is 1. The fraction of sp³-hybridized carbons (Fsp3) is 0.200. The molecule has 0 spiro atoms. The van der Waals surface area contributed by atoms with E-state index in [4.69, 9.17) is 16.0 Å². The number of aryl methyl sites for hydroxylation is 1. The lowest BCUT2D eigenvalue weighted by Gasteiger charge is -2.32. The van der Waals surface area contributed by atoms with Gasteiger partial charge in [-0.1, -0.05) is 17.7 Å². The van der Waals surface area contributed by atoms with Crippen molar-refractivity contribution >= 4 is 23.0 Å². The minimum absolute atomic E-state index is 0.102. The van der Waals surface area contributed by atoms with E-state index in [-0.39, 0.29) is 11.8 Å². The van der Waals surface area contributed by atoms with Crippen LogP contribution in [0.1, 0.15) is 33.8 Å². The van der Waals surface area contributed by atoms with Crippen molar-refractivity contribution in [2.45, 2.75) is 12.5 Å². The summed E-state index contributed by atoms with van der Waals surface area (Å²) in [5.41, 5.74) is 3.80. The Kier molecular flexibility index (Phi) is 4.12. The third-order valence-corrected chi connectivity index (χ3v) is 5.77. The average Bonchev–Trinajstić information content (AvgIpc) is 3.57. The fourth-order valence-corrected chi connectivity index (χ4v) is 4.22. The van der Waals surface area contributed by atoms with Crippen LogP contribution in [0, 0.1) is 0 Å². The first-order chi connectivity index (χ1) is 15.6. The normalized spacial score (nSPS) is 15.9. The van der Waals surface area contributed by atoms with Crippen LogP contribution in [0.5, 0.6) is 0 Å². The molecule has 1 unspecified atom stereocenters. The molecule has 5 aromatic heterocycles. The standard InChI is InChI=1S/C20H16ClN9O2/c1-28-9-11(8-24-28)18-25-26-19(32-18)20(31)29-6-5-13-16(23-10-22-13)17(29)14-7-12-3-2-4-15(21)30(12)27-14/h2-4,7-10,17H,5-6H2,1H3,(H,22,23). The van der Waals surface area contributed by atoms with Crippen molar-refractivity contribution < 1.29 is 9.21 Å². The summed E-state index contributed by atoms with van der Waals surface area (Å²) in [5, 5.41) is 17.2. The smallest absolute Gasteiger partial charge is 0.312 e. The summed E-state index contributed by atoms with van der Waals surface area (Å²) >= 11 is 6.30. The summed E-state index contributed by atoms with van der Waals surface area (Å²) in [6.07, 6.45) is 5.58. The fourth-order valence-electron chi connectivity index (χ4n) is 4.01. The zero-order valence-electron chi connectivity index (χ0n) is 16.8. The second-order valence-corrected chi connectivity index (χ2v) is 7.87. The highest BCUT2D eigenvalue weighted by Gasteiger charge is 2.38. The van der Waals surface area contributed by atoms with Gasteiger partial charge >= 0.3 is 11.8 Å². The summed E-state index contributed by atoms with van der Waals surface area (Å²) in [5.74, 6) is -0.265. The number of aromatic nitrogens is 8. The summed E-state index contributed by atoms with van der Waals surface area (Å²) in [4.78, 5) is 22.7. The van der Waals surface area contributed by atoms with E-state index in [1.807, 2.05) is 18.2 Å². The lowest BCUT2D eigenvalue weighted by Crippen LogP contribution is -2.41. The third-order valence-electron chi connectivity index (χ3n) is 5.48. The maximum Gasteiger partial charge on any atom is 0.312 e. The van der Waals surface area contributed by atoms with Crippen molar-refractivity contribution in [2.75, 3.05) is 6.54 Å². The maximum absolute atomic E-state index is 13.5. The SMILES string of the molecule is Cn1cc(-c2nnc(C(=O)N3CCc4[nH]cnc4C3c3cc4cccc(Cl)n4n3)o2)cn1. The van der Waals surface area contributed by atoms with E-state index in [9.17, 15) is 4.79 Å². The van der Waals surface area contributed by atoms with Gasteiger partial charge in [-0.3, -0.25) is 9.48 Å². The molecular formula is C20H16ClN9O2. The third kappa shape index (κ3) is 2.89. The van der Waals surface area contributed by atoms with Gasteiger partial charge in [0.2, 0.25) is 0 Å². The number of pyridine rings is 1. The van der Waals surface area contributed by atoms with Gasteiger partial charge < -0.3 is 14.3 Å². The second kappa shape index (κ2) is 7.02. The molecule has 6 heterocycles. The number of H-pyrrole nitrogens is 1. The van der Waals surface area contributed by atoms with Crippen LogP contribution in [0.25, 0.3) is 17.0 Å². The predicted octanol–water partition coefficient (Wildman–Crippen LogP) is 2.28. The molecule has 1 amide bonds. The van der Waals surface area contributed by atoms with Crippen molar-refractivity contribution in [1.29, 1.82) is 0 Å². The highest BCUT2D eigenvalue weighted by molar-refractivity contribution is 6.29. The van der Waals surface area contributed by atoms with E-state index in [0.717, 1.165) is 16.9 Å². The summed E-state index contributed by atoms with van der Waals surface area (Å²) < 4.78 is 8.94. The number of carbonyl (C=O) groups excluding carboxylic acids is 1. The molecule has 0 fully saturated rings. The van der Waals surface area contributed by atoms with Crippen LogP contribution in [0.2, 0.25) is 5.15 Å². The number of hydrogen-bond acceptors (Lipinski definition) is 7. The van der Waals surface area contributed by atoms with Crippen molar-refractivity contribution in [2.24, 2.45) is 7.05 Å². The number of nitrogens with zero attached hydrogens (tertiary/aromatic N) is 8. The second-order valence-electron chi connectivity index (χ2n) is 7.49. The topological polar surface area (TPSA) is 123 Å². The molecule has 1 aliphatic heterocycles. The molecule has 5 aromatic rings. The Bertz CT molecular complexity index is 1460. The molecule has 0 saturated heterocycles. The largest absolute Gasteiger partial charge is 0.412 e. The zero-order chi connectivity index (χ0) is 21.8. The number of rotatable bonds is 3. The summed E-state index contributed by atoms with van der Waals surface area (Å²) in [7, 11) is 1.78. The van der Waals surface area contributed by atoms with Gasteiger partial charge in [-0.05, 0) is 18.2 Å². The number of hydrogen-bond donors (Lipinski definition) is 1. The molecule has 0 aliphatic carbocycles. The van der Waals surface area contributed by atoms with Crippen LogP contribution in [0.4, 0.5) is 0 Å². The van der Waals surface area contributed by atoms with Gasteiger partial charge in [0.1, 0.15) is 11.2 Å². The Hall–Kier alpha value is -3.99. The molecular weight excluding hydrogens is 434 g/mol. The van der Waals surface area contributed by atoms with Gasteiger partial charge in [0.15, 0.2) is 0 Å². The monoisotopic (exact) mass is 449 g/mol. The molecule has 0 saturated carbocycles. The highest BCUT2D eigenvalue weighted by Crippen LogP contribution is 2.34. The molecule has 160 valence electrons. The molecule has 32 heavy (non-hydrogen) atoms. The van der Waals surface area contributed by atoms with E-state index in [2.05, 4.69) is 30.4 Å². The van der Waals surface area contributed by atoms with Gasteiger partial charge in [-0.2, -0.15) is 10.2 Å².